The molecule has 23 heavy (non-hydrogen) atoms. The lowest BCUT2D eigenvalue weighted by molar-refractivity contribution is -0.139. The lowest BCUT2D eigenvalue weighted by Crippen LogP contribution is -2.40. The second-order valence-electron chi connectivity index (χ2n) is 5.15. The van der Waals surface area contributed by atoms with Gasteiger partial charge in [0.2, 0.25) is 0 Å². The van der Waals surface area contributed by atoms with Crippen LogP contribution in [0.25, 0.3) is 0 Å². The van der Waals surface area contributed by atoms with E-state index in [1.54, 1.807) is 54.6 Å². The van der Waals surface area contributed by atoms with Gasteiger partial charge in [0.1, 0.15) is 11.8 Å². The molecule has 0 bridgehead atoms. The molecule has 0 aliphatic rings. The number of aliphatic carboxylic acids is 1. The molecule has 0 amide bonds. The van der Waals surface area contributed by atoms with Gasteiger partial charge in [-0.15, -0.1) is 0 Å². The Bertz CT molecular complexity index is 686. The molecule has 0 heterocycles. The lowest BCUT2D eigenvalue weighted by atomic mass is 10.1. The molecule has 2 aromatic carbocycles. The second-order valence-corrected chi connectivity index (χ2v) is 6.84. The molecule has 0 aliphatic carbocycles. The molecule has 0 aromatic heterocycles. The van der Waals surface area contributed by atoms with E-state index < -0.39 is 25.4 Å². The van der Waals surface area contributed by atoms with Crippen molar-refractivity contribution in [1.29, 1.82) is 0 Å². The second kappa shape index (κ2) is 7.53. The van der Waals surface area contributed by atoms with Crippen molar-refractivity contribution in [2.45, 2.75) is 18.2 Å². The largest absolute Gasteiger partial charge is 0.480 e. The first-order chi connectivity index (χ1) is 10.9. The van der Waals surface area contributed by atoms with Gasteiger partial charge in [-0.05, 0) is 17.5 Å². The van der Waals surface area contributed by atoms with Crippen molar-refractivity contribution in [3.05, 3.63) is 71.8 Å². The summed E-state index contributed by atoms with van der Waals surface area (Å²) in [6.07, 6.45) is 0.125. The van der Waals surface area contributed by atoms with Gasteiger partial charge in [0.25, 0.3) is 0 Å². The molecule has 122 valence electrons. The van der Waals surface area contributed by atoms with Gasteiger partial charge in [0, 0.05) is 0 Å². The van der Waals surface area contributed by atoms with E-state index in [0.717, 1.165) is 5.56 Å². The summed E-state index contributed by atoms with van der Waals surface area (Å²) in [7, 11) is -4.57. The standard InChI is InChI=1S/C16H18NO5P/c18-16(19)14(11-12-7-3-1-4-8-12)17-15(23(20,21)22)13-9-5-2-6-10-13/h1-10,14-15,17H,11H2,(H,18,19)(H2,20,21,22)/t14-,15+/m1/s1. The summed E-state index contributed by atoms with van der Waals surface area (Å²) in [5, 5.41) is 12.0. The number of hydrogen-bond acceptors (Lipinski definition) is 3. The molecule has 0 unspecified atom stereocenters. The van der Waals surface area contributed by atoms with Gasteiger partial charge >= 0.3 is 13.6 Å². The van der Waals surface area contributed by atoms with Crippen LogP contribution in [0.4, 0.5) is 0 Å². The number of benzene rings is 2. The van der Waals surface area contributed by atoms with Gasteiger partial charge in [-0.1, -0.05) is 60.7 Å². The Balaban J connectivity index is 2.25. The van der Waals surface area contributed by atoms with Crippen molar-refractivity contribution in [3.8, 4) is 0 Å². The monoisotopic (exact) mass is 335 g/mol. The van der Waals surface area contributed by atoms with Crippen molar-refractivity contribution in [1.82, 2.24) is 5.32 Å². The number of carbonyl (C=O) groups is 1. The third-order valence-electron chi connectivity index (χ3n) is 3.39. The summed E-state index contributed by atoms with van der Waals surface area (Å²) < 4.78 is 11.8. The predicted octanol–water partition coefficient (Wildman–Crippen LogP) is 2.15. The zero-order valence-corrected chi connectivity index (χ0v) is 13.1. The summed E-state index contributed by atoms with van der Waals surface area (Å²) in [6, 6.07) is 15.9. The van der Waals surface area contributed by atoms with Gasteiger partial charge < -0.3 is 14.9 Å². The minimum absolute atomic E-state index is 0.125. The summed E-state index contributed by atoms with van der Waals surface area (Å²) in [5.41, 5.74) is 1.12. The highest BCUT2D eigenvalue weighted by Crippen LogP contribution is 2.50. The Kier molecular flexibility index (Phi) is 5.69. The molecule has 0 radical (unpaired) electrons. The fourth-order valence-electron chi connectivity index (χ4n) is 2.28. The van der Waals surface area contributed by atoms with E-state index in [9.17, 15) is 24.3 Å². The van der Waals surface area contributed by atoms with E-state index >= 15 is 0 Å². The predicted molar refractivity (Wildman–Crippen MR) is 85.9 cm³/mol. The van der Waals surface area contributed by atoms with Gasteiger partial charge in [0.15, 0.2) is 0 Å². The third kappa shape index (κ3) is 5.01. The van der Waals surface area contributed by atoms with Gasteiger partial charge in [-0.25, -0.2) is 0 Å². The topological polar surface area (TPSA) is 107 Å². The average molecular weight is 335 g/mol. The number of nitrogens with one attached hydrogen (secondary N) is 1. The fraction of sp³-hybridized carbons (Fsp3) is 0.188. The van der Waals surface area contributed by atoms with E-state index in [1.165, 1.54) is 0 Å². The van der Waals surface area contributed by atoms with Crippen LogP contribution in [0, 0.1) is 0 Å². The molecule has 2 rings (SSSR count). The zero-order chi connectivity index (χ0) is 16.9. The van der Waals surface area contributed by atoms with Crippen LogP contribution < -0.4 is 5.32 Å². The van der Waals surface area contributed by atoms with Gasteiger partial charge in [0.05, 0.1) is 0 Å². The van der Waals surface area contributed by atoms with E-state index in [0.29, 0.717) is 5.56 Å². The average Bonchev–Trinajstić information content (AvgIpc) is 2.51. The van der Waals surface area contributed by atoms with Crippen molar-refractivity contribution in [2.24, 2.45) is 0 Å². The van der Waals surface area contributed by atoms with Gasteiger partial charge in [-0.3, -0.25) is 14.7 Å². The molecule has 0 saturated carbocycles. The van der Waals surface area contributed by atoms with Crippen LogP contribution in [0.15, 0.2) is 60.7 Å². The fourth-order valence-corrected chi connectivity index (χ4v) is 3.22. The smallest absolute Gasteiger partial charge is 0.346 e. The maximum absolute atomic E-state index is 11.8. The van der Waals surface area contributed by atoms with Crippen molar-refractivity contribution in [2.75, 3.05) is 0 Å². The molecule has 0 fully saturated rings. The highest BCUT2D eigenvalue weighted by molar-refractivity contribution is 7.52. The molecule has 0 aliphatic heterocycles. The molecule has 2 aromatic rings. The minimum atomic E-state index is -4.57. The lowest BCUT2D eigenvalue weighted by Gasteiger charge is -2.24. The van der Waals surface area contributed by atoms with Crippen molar-refractivity contribution < 1.29 is 24.3 Å². The highest BCUT2D eigenvalue weighted by atomic mass is 31.2. The molecule has 0 spiro atoms. The van der Waals surface area contributed by atoms with Crippen LogP contribution >= 0.6 is 7.60 Å². The van der Waals surface area contributed by atoms with Crippen LogP contribution in [0.2, 0.25) is 0 Å². The Morgan fingerprint density at radius 1 is 1.00 bits per heavy atom. The molecule has 6 nitrogen and oxygen atoms in total. The van der Waals surface area contributed by atoms with E-state index in [1.807, 2.05) is 6.07 Å². The third-order valence-corrected chi connectivity index (χ3v) is 4.51. The van der Waals surface area contributed by atoms with E-state index in [4.69, 9.17) is 0 Å². The van der Waals surface area contributed by atoms with Gasteiger partial charge in [-0.2, -0.15) is 0 Å². The van der Waals surface area contributed by atoms with Crippen molar-refractivity contribution >= 4 is 13.6 Å². The summed E-state index contributed by atoms with van der Waals surface area (Å²) in [4.78, 5) is 30.6. The minimum Gasteiger partial charge on any atom is -0.480 e. The Labute approximate surface area is 134 Å². The van der Waals surface area contributed by atoms with Crippen LogP contribution in [0.5, 0.6) is 0 Å². The molecule has 7 heteroatoms. The van der Waals surface area contributed by atoms with E-state index in [-0.39, 0.29) is 6.42 Å². The van der Waals surface area contributed by atoms with Crippen LogP contribution in [-0.4, -0.2) is 26.9 Å². The first-order valence-corrected chi connectivity index (χ1v) is 8.69. The molecule has 0 saturated heterocycles. The molecular weight excluding hydrogens is 317 g/mol. The Hall–Kier alpha value is -1.98. The zero-order valence-electron chi connectivity index (χ0n) is 12.2. The number of carboxylic acid groups (broad SMARTS) is 1. The quantitative estimate of drug-likeness (QED) is 0.578. The summed E-state index contributed by atoms with van der Waals surface area (Å²) in [6.45, 7) is 0. The number of rotatable bonds is 7. The highest BCUT2D eigenvalue weighted by Gasteiger charge is 2.34. The van der Waals surface area contributed by atoms with Crippen LogP contribution in [0.1, 0.15) is 16.9 Å². The molecular formula is C16H18NO5P. The first-order valence-electron chi connectivity index (χ1n) is 7.01. The number of carboxylic acids is 1. The maximum atomic E-state index is 11.8. The molecule has 4 N–H and O–H groups in total. The van der Waals surface area contributed by atoms with Crippen LogP contribution in [-0.2, 0) is 15.8 Å². The molecule has 2 atom stereocenters. The van der Waals surface area contributed by atoms with Crippen molar-refractivity contribution in [3.63, 3.8) is 0 Å². The Morgan fingerprint density at radius 3 is 2.00 bits per heavy atom. The maximum Gasteiger partial charge on any atom is 0.346 e. The summed E-state index contributed by atoms with van der Waals surface area (Å²) in [5.74, 6) is -2.53. The number of hydrogen-bond donors (Lipinski definition) is 4. The normalized spacial score (nSPS) is 14.2. The first kappa shape index (κ1) is 17.4. The van der Waals surface area contributed by atoms with E-state index in [2.05, 4.69) is 5.32 Å². The Morgan fingerprint density at radius 2 is 1.52 bits per heavy atom. The summed E-state index contributed by atoms with van der Waals surface area (Å²) >= 11 is 0. The SMILES string of the molecule is O=C(O)[C@@H](Cc1ccccc1)N[C@H](c1ccccc1)P(=O)(O)O. The van der Waals surface area contributed by atoms with Crippen LogP contribution in [0.3, 0.4) is 0 Å².